The van der Waals surface area contributed by atoms with E-state index in [9.17, 15) is 9.59 Å². The minimum atomic E-state index is -0.572. The summed E-state index contributed by atoms with van der Waals surface area (Å²) in [6.07, 6.45) is 5.84. The number of carbonyl (C=O) groups is 2. The van der Waals surface area contributed by atoms with Gasteiger partial charge in [-0.15, -0.1) is 0 Å². The smallest absolute Gasteiger partial charge is 0.357 e. The highest BCUT2D eigenvalue weighted by Crippen LogP contribution is 2.17. The summed E-state index contributed by atoms with van der Waals surface area (Å²) in [5.41, 5.74) is 0.214. The predicted molar refractivity (Wildman–Crippen MR) is 64.9 cm³/mol. The number of aromatic nitrogens is 1. The van der Waals surface area contributed by atoms with Gasteiger partial charge in [-0.2, -0.15) is 0 Å². The molecule has 0 saturated heterocycles. The van der Waals surface area contributed by atoms with Gasteiger partial charge in [-0.1, -0.05) is 18.9 Å². The summed E-state index contributed by atoms with van der Waals surface area (Å²) in [7, 11) is 0. The molecule has 0 spiro atoms. The van der Waals surface area contributed by atoms with E-state index in [4.69, 9.17) is 4.74 Å². The SMILES string of the molecule is O=C(COC(=O)c1ccccn1)NC1CCCC1. The lowest BCUT2D eigenvalue weighted by atomic mass is 10.2. The van der Waals surface area contributed by atoms with Crippen LogP contribution in [0.4, 0.5) is 0 Å². The number of nitrogens with one attached hydrogen (secondary N) is 1. The second-order valence-corrected chi connectivity index (χ2v) is 4.34. The Morgan fingerprint density at radius 3 is 2.78 bits per heavy atom. The van der Waals surface area contributed by atoms with E-state index in [-0.39, 0.29) is 24.2 Å². The van der Waals surface area contributed by atoms with E-state index < -0.39 is 5.97 Å². The van der Waals surface area contributed by atoms with E-state index in [1.54, 1.807) is 18.2 Å². The molecule has 1 aromatic rings. The Balaban J connectivity index is 1.74. The Bertz CT molecular complexity index is 414. The minimum Gasteiger partial charge on any atom is -0.451 e. The molecule has 5 nitrogen and oxygen atoms in total. The summed E-state index contributed by atoms with van der Waals surface area (Å²) in [5.74, 6) is -0.816. The van der Waals surface area contributed by atoms with Crippen LogP contribution in [0.5, 0.6) is 0 Å². The molecule has 0 atom stereocenters. The number of hydrogen-bond donors (Lipinski definition) is 1. The van der Waals surface area contributed by atoms with Gasteiger partial charge < -0.3 is 10.1 Å². The lowest BCUT2D eigenvalue weighted by molar-refractivity contribution is -0.124. The van der Waals surface area contributed by atoms with Crippen molar-refractivity contribution in [3.05, 3.63) is 30.1 Å². The number of hydrogen-bond acceptors (Lipinski definition) is 4. The topological polar surface area (TPSA) is 68.3 Å². The summed E-state index contributed by atoms with van der Waals surface area (Å²) >= 11 is 0. The molecule has 1 saturated carbocycles. The van der Waals surface area contributed by atoms with Gasteiger partial charge in [-0.05, 0) is 25.0 Å². The van der Waals surface area contributed by atoms with Gasteiger partial charge in [0.1, 0.15) is 5.69 Å². The Morgan fingerprint density at radius 2 is 2.11 bits per heavy atom. The molecule has 0 aliphatic heterocycles. The highest BCUT2D eigenvalue weighted by molar-refractivity contribution is 5.89. The van der Waals surface area contributed by atoms with E-state index in [2.05, 4.69) is 10.3 Å². The van der Waals surface area contributed by atoms with E-state index >= 15 is 0 Å². The fourth-order valence-electron chi connectivity index (χ4n) is 2.03. The maximum atomic E-state index is 11.5. The van der Waals surface area contributed by atoms with Crippen LogP contribution in [-0.2, 0) is 9.53 Å². The first-order valence-corrected chi connectivity index (χ1v) is 6.13. The molecular weight excluding hydrogens is 232 g/mol. The standard InChI is InChI=1S/C13H16N2O3/c16-12(15-10-5-1-2-6-10)9-18-13(17)11-7-3-4-8-14-11/h3-4,7-8,10H,1-2,5-6,9H2,(H,15,16). The number of rotatable bonds is 4. The van der Waals surface area contributed by atoms with Gasteiger partial charge in [0.15, 0.2) is 6.61 Å². The first-order chi connectivity index (χ1) is 8.75. The molecule has 0 aromatic carbocycles. The van der Waals surface area contributed by atoms with Gasteiger partial charge in [0, 0.05) is 12.2 Å². The van der Waals surface area contributed by atoms with E-state index in [1.807, 2.05) is 0 Å². The molecule has 1 heterocycles. The number of amides is 1. The zero-order chi connectivity index (χ0) is 12.8. The van der Waals surface area contributed by atoms with Crippen LogP contribution in [0.2, 0.25) is 0 Å². The third kappa shape index (κ3) is 3.55. The van der Waals surface area contributed by atoms with Crippen molar-refractivity contribution < 1.29 is 14.3 Å². The fraction of sp³-hybridized carbons (Fsp3) is 0.462. The molecule has 1 amide bonds. The lowest BCUT2D eigenvalue weighted by Gasteiger charge is -2.11. The molecular formula is C13H16N2O3. The van der Waals surface area contributed by atoms with Crippen molar-refractivity contribution in [3.63, 3.8) is 0 Å². The Hall–Kier alpha value is -1.91. The summed E-state index contributed by atoms with van der Waals surface area (Å²) in [6, 6.07) is 5.20. The second kappa shape index (κ2) is 6.14. The molecule has 0 bridgehead atoms. The van der Waals surface area contributed by atoms with Crippen LogP contribution < -0.4 is 5.32 Å². The van der Waals surface area contributed by atoms with Crippen molar-refractivity contribution in [2.24, 2.45) is 0 Å². The highest BCUT2D eigenvalue weighted by atomic mass is 16.5. The fourth-order valence-corrected chi connectivity index (χ4v) is 2.03. The van der Waals surface area contributed by atoms with Crippen LogP contribution in [0.15, 0.2) is 24.4 Å². The maximum absolute atomic E-state index is 11.5. The minimum absolute atomic E-state index is 0.214. The molecule has 2 rings (SSSR count). The second-order valence-electron chi connectivity index (χ2n) is 4.34. The van der Waals surface area contributed by atoms with E-state index in [1.165, 1.54) is 6.20 Å². The zero-order valence-electron chi connectivity index (χ0n) is 10.1. The monoisotopic (exact) mass is 248 g/mol. The van der Waals surface area contributed by atoms with Crippen molar-refractivity contribution in [3.8, 4) is 0 Å². The van der Waals surface area contributed by atoms with Gasteiger partial charge in [-0.25, -0.2) is 9.78 Å². The van der Waals surface area contributed by atoms with Crippen molar-refractivity contribution >= 4 is 11.9 Å². The number of carbonyl (C=O) groups excluding carboxylic acids is 2. The Kier molecular flexibility index (Phi) is 4.28. The largest absolute Gasteiger partial charge is 0.451 e. The summed E-state index contributed by atoms with van der Waals surface area (Å²) in [5, 5.41) is 2.85. The van der Waals surface area contributed by atoms with Gasteiger partial charge in [-0.3, -0.25) is 4.79 Å². The van der Waals surface area contributed by atoms with Gasteiger partial charge in [0.05, 0.1) is 0 Å². The van der Waals surface area contributed by atoms with E-state index in [0.29, 0.717) is 0 Å². The average Bonchev–Trinajstić information content (AvgIpc) is 2.90. The van der Waals surface area contributed by atoms with Gasteiger partial charge in [0.25, 0.3) is 5.91 Å². The van der Waals surface area contributed by atoms with Crippen LogP contribution in [0.1, 0.15) is 36.2 Å². The van der Waals surface area contributed by atoms with Crippen LogP contribution >= 0.6 is 0 Å². The third-order valence-electron chi connectivity index (χ3n) is 2.93. The predicted octanol–water partition coefficient (Wildman–Crippen LogP) is 1.30. The van der Waals surface area contributed by atoms with Crippen molar-refractivity contribution in [1.29, 1.82) is 0 Å². The first-order valence-electron chi connectivity index (χ1n) is 6.13. The van der Waals surface area contributed by atoms with E-state index in [0.717, 1.165) is 25.7 Å². The molecule has 1 aliphatic carbocycles. The number of nitrogens with zero attached hydrogens (tertiary/aromatic N) is 1. The lowest BCUT2D eigenvalue weighted by Crippen LogP contribution is -2.35. The van der Waals surface area contributed by atoms with Gasteiger partial charge in [0.2, 0.25) is 0 Å². The quantitative estimate of drug-likeness (QED) is 0.815. The normalized spacial score (nSPS) is 15.3. The summed E-state index contributed by atoms with van der Waals surface area (Å²) < 4.78 is 4.89. The molecule has 0 unspecified atom stereocenters. The molecule has 1 aromatic heterocycles. The third-order valence-corrected chi connectivity index (χ3v) is 2.93. The van der Waals surface area contributed by atoms with Crippen molar-refractivity contribution in [1.82, 2.24) is 10.3 Å². The number of pyridine rings is 1. The van der Waals surface area contributed by atoms with Crippen molar-refractivity contribution in [2.75, 3.05) is 6.61 Å². The first kappa shape index (κ1) is 12.5. The Morgan fingerprint density at radius 1 is 1.33 bits per heavy atom. The van der Waals surface area contributed by atoms with Gasteiger partial charge >= 0.3 is 5.97 Å². The molecule has 0 radical (unpaired) electrons. The Labute approximate surface area is 106 Å². The van der Waals surface area contributed by atoms with Crippen molar-refractivity contribution in [2.45, 2.75) is 31.7 Å². The molecule has 18 heavy (non-hydrogen) atoms. The maximum Gasteiger partial charge on any atom is 0.357 e. The summed E-state index contributed by atoms with van der Waals surface area (Å²) in [4.78, 5) is 26.9. The summed E-state index contributed by atoms with van der Waals surface area (Å²) in [6.45, 7) is -0.244. The molecule has 1 N–H and O–H groups in total. The molecule has 1 fully saturated rings. The molecule has 96 valence electrons. The zero-order valence-corrected chi connectivity index (χ0v) is 10.1. The number of ether oxygens (including phenoxy) is 1. The van der Waals surface area contributed by atoms with Crippen LogP contribution in [-0.4, -0.2) is 29.5 Å². The van der Waals surface area contributed by atoms with Crippen LogP contribution in [0.3, 0.4) is 0 Å². The van der Waals surface area contributed by atoms with Crippen LogP contribution in [0, 0.1) is 0 Å². The highest BCUT2D eigenvalue weighted by Gasteiger charge is 2.18. The average molecular weight is 248 g/mol. The molecule has 5 heteroatoms. The van der Waals surface area contributed by atoms with Crippen LogP contribution in [0.25, 0.3) is 0 Å². The molecule has 1 aliphatic rings. The number of esters is 1.